The van der Waals surface area contributed by atoms with Gasteiger partial charge >= 0.3 is 0 Å². The van der Waals surface area contributed by atoms with Crippen LogP contribution in [-0.2, 0) is 11.3 Å². The fourth-order valence-electron chi connectivity index (χ4n) is 2.79. The van der Waals surface area contributed by atoms with Crippen LogP contribution >= 0.6 is 39.9 Å². The first kappa shape index (κ1) is 24.5. The maximum Gasteiger partial charge on any atom is 0.191 e. The molecule has 1 heterocycles. The summed E-state index contributed by atoms with van der Waals surface area (Å²) < 4.78 is 19.5. The first-order valence-electron chi connectivity index (χ1n) is 8.87. The largest absolute Gasteiger partial charge is 0.387 e. The molecule has 0 radical (unpaired) electrons. The number of aliphatic imine (C=N–C) groups is 1. The van der Waals surface area contributed by atoms with Gasteiger partial charge < -0.3 is 20.5 Å². The number of nitrogens with one attached hydrogen (secondary N) is 2. The van der Waals surface area contributed by atoms with Crippen LogP contribution in [-0.4, -0.2) is 67.5 Å². The first-order chi connectivity index (χ1) is 12.4. The summed E-state index contributed by atoms with van der Waals surface area (Å²) in [6, 6.07) is 4.72. The summed E-state index contributed by atoms with van der Waals surface area (Å²) in [5.41, 5.74) is -0.121. The van der Waals surface area contributed by atoms with Crippen molar-refractivity contribution in [3.8, 4) is 0 Å². The van der Waals surface area contributed by atoms with Gasteiger partial charge in [0.1, 0.15) is 5.82 Å². The Morgan fingerprint density at radius 1 is 1.33 bits per heavy atom. The van der Waals surface area contributed by atoms with Crippen molar-refractivity contribution >= 4 is 45.9 Å². The van der Waals surface area contributed by atoms with Gasteiger partial charge in [-0.15, -0.1) is 24.0 Å². The molecule has 2 rings (SSSR count). The molecule has 0 spiro atoms. The Balaban J connectivity index is 0.00000364. The van der Waals surface area contributed by atoms with Crippen molar-refractivity contribution in [2.45, 2.75) is 26.0 Å². The summed E-state index contributed by atoms with van der Waals surface area (Å²) in [4.78, 5) is 6.67. The van der Waals surface area contributed by atoms with Gasteiger partial charge in [-0.2, -0.15) is 0 Å². The van der Waals surface area contributed by atoms with Gasteiger partial charge in [-0.1, -0.05) is 15.9 Å². The Hall–Kier alpha value is -0.490. The van der Waals surface area contributed by atoms with E-state index in [0.717, 1.165) is 18.7 Å². The molecule has 27 heavy (non-hydrogen) atoms. The molecule has 1 aromatic carbocycles. The van der Waals surface area contributed by atoms with Crippen LogP contribution in [0.5, 0.6) is 0 Å². The minimum Gasteiger partial charge on any atom is -0.387 e. The van der Waals surface area contributed by atoms with Crippen LogP contribution in [0.25, 0.3) is 0 Å². The maximum atomic E-state index is 13.5. The van der Waals surface area contributed by atoms with Crippen molar-refractivity contribution in [2.75, 3.05) is 45.9 Å². The molecule has 6 nitrogen and oxygen atoms in total. The van der Waals surface area contributed by atoms with Crippen molar-refractivity contribution in [1.82, 2.24) is 15.5 Å². The van der Waals surface area contributed by atoms with Gasteiger partial charge in [0.25, 0.3) is 0 Å². The van der Waals surface area contributed by atoms with Gasteiger partial charge in [0.15, 0.2) is 5.96 Å². The number of hydrogen-bond acceptors (Lipinski definition) is 4. The first-order valence-corrected chi connectivity index (χ1v) is 9.67. The molecule has 1 aliphatic rings. The van der Waals surface area contributed by atoms with Crippen LogP contribution in [0.15, 0.2) is 27.7 Å². The average molecular weight is 559 g/mol. The van der Waals surface area contributed by atoms with Crippen LogP contribution in [0, 0.1) is 5.82 Å². The van der Waals surface area contributed by atoms with Crippen molar-refractivity contribution in [2.24, 2.45) is 4.99 Å². The third kappa shape index (κ3) is 9.51. The van der Waals surface area contributed by atoms with Gasteiger partial charge in [-0.25, -0.2) is 9.38 Å². The van der Waals surface area contributed by atoms with Gasteiger partial charge in [-0.3, -0.25) is 4.90 Å². The van der Waals surface area contributed by atoms with E-state index >= 15 is 0 Å². The van der Waals surface area contributed by atoms with E-state index in [1.807, 2.05) is 19.9 Å². The van der Waals surface area contributed by atoms with Crippen molar-refractivity contribution in [3.63, 3.8) is 0 Å². The number of guanidine groups is 1. The third-order valence-electron chi connectivity index (χ3n) is 3.99. The Morgan fingerprint density at radius 2 is 2.04 bits per heavy atom. The smallest absolute Gasteiger partial charge is 0.191 e. The lowest BCUT2D eigenvalue weighted by Crippen LogP contribution is -2.52. The summed E-state index contributed by atoms with van der Waals surface area (Å²) in [7, 11) is 0. The second kappa shape index (κ2) is 12.2. The SMILES string of the molecule is CCNC(=NCc1cc(F)cc(Br)c1)NCC(C)(O)CN1CCOCC1.I. The lowest BCUT2D eigenvalue weighted by molar-refractivity contribution is -0.0201. The van der Waals surface area contributed by atoms with E-state index in [4.69, 9.17) is 4.74 Å². The van der Waals surface area contributed by atoms with Crippen molar-refractivity contribution < 1.29 is 14.2 Å². The quantitative estimate of drug-likeness (QED) is 0.272. The highest BCUT2D eigenvalue weighted by molar-refractivity contribution is 14.0. The van der Waals surface area contributed by atoms with Gasteiger partial charge in [0, 0.05) is 37.2 Å². The molecule has 1 aromatic rings. The van der Waals surface area contributed by atoms with Crippen LogP contribution in [0.1, 0.15) is 19.4 Å². The normalized spacial score (nSPS) is 17.7. The minimum absolute atomic E-state index is 0. The molecule has 9 heteroatoms. The fourth-order valence-corrected chi connectivity index (χ4v) is 3.30. The molecule has 0 aromatic heterocycles. The Kier molecular flexibility index (Phi) is 11.0. The molecule has 1 unspecified atom stereocenters. The second-order valence-electron chi connectivity index (χ2n) is 6.71. The van der Waals surface area contributed by atoms with Crippen LogP contribution in [0.3, 0.4) is 0 Å². The zero-order valence-corrected chi connectivity index (χ0v) is 19.7. The third-order valence-corrected chi connectivity index (χ3v) is 4.45. The summed E-state index contributed by atoms with van der Waals surface area (Å²) in [5.74, 6) is 0.297. The topological polar surface area (TPSA) is 69.1 Å². The highest BCUT2D eigenvalue weighted by atomic mass is 127. The average Bonchev–Trinajstić information content (AvgIpc) is 2.57. The molecule has 0 saturated carbocycles. The molecular weight excluding hydrogens is 530 g/mol. The highest BCUT2D eigenvalue weighted by Gasteiger charge is 2.25. The summed E-state index contributed by atoms with van der Waals surface area (Å²) in [6.45, 7) is 8.83. The summed E-state index contributed by atoms with van der Waals surface area (Å²) in [6.07, 6.45) is 0. The zero-order valence-electron chi connectivity index (χ0n) is 15.8. The molecule has 154 valence electrons. The van der Waals surface area contributed by atoms with Gasteiger partial charge in [-0.05, 0) is 37.6 Å². The standard InChI is InChI=1S/C18H28BrFN4O2.HI/c1-3-21-17(22-11-14-8-15(19)10-16(20)9-14)23-12-18(2,25)13-24-4-6-26-7-5-24;/h8-10,25H,3-7,11-13H2,1-2H3,(H2,21,22,23);1H. The number of hydrogen-bond donors (Lipinski definition) is 3. The van der Waals surface area contributed by atoms with Crippen molar-refractivity contribution in [3.05, 3.63) is 34.1 Å². The van der Waals surface area contributed by atoms with Crippen LogP contribution in [0.2, 0.25) is 0 Å². The predicted octanol–water partition coefficient (Wildman–Crippen LogP) is 2.34. The number of halogens is 3. The molecule has 0 aliphatic carbocycles. The van der Waals surface area contributed by atoms with E-state index in [1.54, 1.807) is 0 Å². The zero-order chi connectivity index (χ0) is 19.0. The van der Waals surface area contributed by atoms with Gasteiger partial charge in [0.2, 0.25) is 0 Å². The van der Waals surface area contributed by atoms with E-state index in [-0.39, 0.29) is 29.8 Å². The van der Waals surface area contributed by atoms with Crippen molar-refractivity contribution in [1.29, 1.82) is 0 Å². The molecule has 0 bridgehead atoms. The molecule has 0 amide bonds. The lowest BCUT2D eigenvalue weighted by atomic mass is 10.1. The fraction of sp³-hybridized carbons (Fsp3) is 0.611. The van der Waals surface area contributed by atoms with E-state index < -0.39 is 5.60 Å². The molecule has 1 aliphatic heterocycles. The number of β-amino-alcohol motifs (C(OH)–C–C–N with tert-alkyl or cyclic N) is 1. The van der Waals surface area contributed by atoms with E-state index in [9.17, 15) is 9.50 Å². The number of rotatable bonds is 7. The molecule has 1 fully saturated rings. The predicted molar refractivity (Wildman–Crippen MR) is 120 cm³/mol. The van der Waals surface area contributed by atoms with Crippen LogP contribution < -0.4 is 10.6 Å². The Bertz CT molecular complexity index is 593. The highest BCUT2D eigenvalue weighted by Crippen LogP contribution is 2.15. The van der Waals surface area contributed by atoms with E-state index in [0.29, 0.717) is 49.8 Å². The maximum absolute atomic E-state index is 13.5. The molecule has 3 N–H and O–H groups in total. The monoisotopic (exact) mass is 558 g/mol. The lowest BCUT2D eigenvalue weighted by Gasteiger charge is -2.34. The second-order valence-corrected chi connectivity index (χ2v) is 7.63. The minimum atomic E-state index is -0.893. The van der Waals surface area contributed by atoms with Gasteiger partial charge in [0.05, 0.1) is 25.4 Å². The Morgan fingerprint density at radius 3 is 2.67 bits per heavy atom. The summed E-state index contributed by atoms with van der Waals surface area (Å²) >= 11 is 3.29. The number of aliphatic hydroxyl groups is 1. The number of nitrogens with zero attached hydrogens (tertiary/aromatic N) is 2. The molecule has 1 saturated heterocycles. The number of morpholine rings is 1. The van der Waals surface area contributed by atoms with E-state index in [2.05, 4.69) is 36.5 Å². The molecule has 1 atom stereocenters. The number of ether oxygens (including phenoxy) is 1. The summed E-state index contributed by atoms with van der Waals surface area (Å²) in [5, 5.41) is 17.0. The van der Waals surface area contributed by atoms with E-state index in [1.165, 1.54) is 12.1 Å². The van der Waals surface area contributed by atoms with Crippen LogP contribution in [0.4, 0.5) is 4.39 Å². The number of benzene rings is 1. The Labute approximate surface area is 186 Å². The molecular formula is C18H29BrFIN4O2.